The van der Waals surface area contributed by atoms with Crippen LogP contribution in [0.1, 0.15) is 12.5 Å². The van der Waals surface area contributed by atoms with Crippen LogP contribution in [0.15, 0.2) is 54.6 Å². The predicted molar refractivity (Wildman–Crippen MR) is 86.9 cm³/mol. The van der Waals surface area contributed by atoms with Gasteiger partial charge in [-0.05, 0) is 37.1 Å². The van der Waals surface area contributed by atoms with E-state index in [0.717, 1.165) is 17.7 Å². The van der Waals surface area contributed by atoms with Gasteiger partial charge in [-0.3, -0.25) is 9.59 Å². The lowest BCUT2D eigenvalue weighted by atomic mass is 10.1. The third-order valence-corrected chi connectivity index (χ3v) is 4.06. The van der Waals surface area contributed by atoms with Crippen molar-refractivity contribution in [2.45, 2.75) is 19.4 Å². The number of amides is 2. The number of rotatable bonds is 1. The van der Waals surface area contributed by atoms with Gasteiger partial charge in [-0.25, -0.2) is 0 Å². The highest BCUT2D eigenvalue weighted by Gasteiger charge is 2.35. The normalized spacial score (nSPS) is 16.3. The number of benzene rings is 2. The molecule has 3 rings (SSSR count). The first kappa shape index (κ1) is 14.3. The van der Waals surface area contributed by atoms with Gasteiger partial charge in [0.1, 0.15) is 0 Å². The molecule has 2 aromatic carbocycles. The molecular weight excluding hydrogens is 276 g/mol. The molecule has 0 N–H and O–H groups in total. The summed E-state index contributed by atoms with van der Waals surface area (Å²) >= 11 is 0. The number of likely N-dealkylation sites (N-methyl/N-ethyl adjacent to an activating group) is 1. The lowest BCUT2D eigenvalue weighted by molar-refractivity contribution is -0.136. The first-order valence-corrected chi connectivity index (χ1v) is 7.34. The summed E-state index contributed by atoms with van der Waals surface area (Å²) in [5.41, 5.74) is 2.66. The Kier molecular flexibility index (Phi) is 3.67. The van der Waals surface area contributed by atoms with Crippen LogP contribution in [0, 0.1) is 0 Å². The van der Waals surface area contributed by atoms with E-state index in [1.165, 1.54) is 4.90 Å². The maximum absolute atomic E-state index is 12.7. The van der Waals surface area contributed by atoms with E-state index >= 15 is 0 Å². The fraction of sp³-hybridized carbons (Fsp3) is 0.222. The maximum atomic E-state index is 12.7. The number of fused-ring (bicyclic) bond motifs is 1. The summed E-state index contributed by atoms with van der Waals surface area (Å²) in [6, 6.07) is 16.9. The Hall–Kier alpha value is -2.62. The molecular formula is C18H18N2O2. The average Bonchev–Trinajstić information content (AvgIpc) is 2.89. The molecule has 0 saturated carbocycles. The average molecular weight is 294 g/mol. The molecule has 1 heterocycles. The Labute approximate surface area is 130 Å². The minimum atomic E-state index is -0.519. The molecule has 22 heavy (non-hydrogen) atoms. The zero-order chi connectivity index (χ0) is 15.7. The largest absolute Gasteiger partial charge is 0.317 e. The van der Waals surface area contributed by atoms with Crippen molar-refractivity contribution in [1.82, 2.24) is 0 Å². The fourth-order valence-electron chi connectivity index (χ4n) is 2.89. The van der Waals surface area contributed by atoms with Crippen LogP contribution < -0.4 is 9.80 Å². The smallest absolute Gasteiger partial charge is 0.307 e. The molecule has 2 amide bonds. The third kappa shape index (κ3) is 2.37. The Bertz CT molecular complexity index is 712. The Morgan fingerprint density at radius 3 is 2.41 bits per heavy atom. The van der Waals surface area contributed by atoms with Gasteiger partial charge in [0.2, 0.25) is 0 Å². The summed E-state index contributed by atoms with van der Waals surface area (Å²) < 4.78 is 0. The molecule has 0 spiro atoms. The number of hydrogen-bond acceptors (Lipinski definition) is 2. The van der Waals surface area contributed by atoms with Crippen molar-refractivity contribution in [3.63, 3.8) is 0 Å². The van der Waals surface area contributed by atoms with E-state index in [1.807, 2.05) is 61.5 Å². The van der Waals surface area contributed by atoms with Crippen molar-refractivity contribution >= 4 is 23.2 Å². The maximum Gasteiger partial charge on any atom is 0.317 e. The number of hydrogen-bond donors (Lipinski definition) is 0. The first-order valence-electron chi connectivity index (χ1n) is 7.34. The van der Waals surface area contributed by atoms with Crippen molar-refractivity contribution in [1.29, 1.82) is 0 Å². The monoisotopic (exact) mass is 294 g/mol. The highest BCUT2D eigenvalue weighted by Crippen LogP contribution is 2.32. The molecule has 2 aromatic rings. The van der Waals surface area contributed by atoms with Gasteiger partial charge in [-0.15, -0.1) is 0 Å². The fourth-order valence-corrected chi connectivity index (χ4v) is 2.89. The van der Waals surface area contributed by atoms with E-state index in [-0.39, 0.29) is 6.04 Å². The molecule has 112 valence electrons. The molecule has 0 aliphatic carbocycles. The molecule has 1 aliphatic heterocycles. The van der Waals surface area contributed by atoms with Crippen LogP contribution in [-0.2, 0) is 16.0 Å². The van der Waals surface area contributed by atoms with Gasteiger partial charge in [0.05, 0.1) is 0 Å². The van der Waals surface area contributed by atoms with Gasteiger partial charge in [0, 0.05) is 24.5 Å². The highest BCUT2D eigenvalue weighted by molar-refractivity contribution is 6.45. The van der Waals surface area contributed by atoms with Crippen LogP contribution in [0.2, 0.25) is 0 Å². The summed E-state index contributed by atoms with van der Waals surface area (Å²) in [7, 11) is 1.63. The highest BCUT2D eigenvalue weighted by atomic mass is 16.2. The SMILES string of the molecule is CC1Cc2ccccc2N1C(=O)C(=O)N(C)c1ccccc1. The van der Waals surface area contributed by atoms with E-state index in [2.05, 4.69) is 0 Å². The van der Waals surface area contributed by atoms with Gasteiger partial charge in [0.25, 0.3) is 0 Å². The Balaban J connectivity index is 1.87. The summed E-state index contributed by atoms with van der Waals surface area (Å²) in [5, 5.41) is 0. The van der Waals surface area contributed by atoms with Gasteiger partial charge < -0.3 is 9.80 Å². The summed E-state index contributed by atoms with van der Waals surface area (Å²) in [6.07, 6.45) is 0.782. The topological polar surface area (TPSA) is 40.6 Å². The van der Waals surface area contributed by atoms with Crippen molar-refractivity contribution in [2.24, 2.45) is 0 Å². The van der Waals surface area contributed by atoms with Gasteiger partial charge in [0.15, 0.2) is 0 Å². The third-order valence-electron chi connectivity index (χ3n) is 4.06. The summed E-state index contributed by atoms with van der Waals surface area (Å²) in [6.45, 7) is 1.97. The predicted octanol–water partition coefficient (Wildman–Crippen LogP) is 2.63. The van der Waals surface area contributed by atoms with Crippen molar-refractivity contribution < 1.29 is 9.59 Å². The van der Waals surface area contributed by atoms with E-state index in [1.54, 1.807) is 11.9 Å². The standard InChI is InChI=1S/C18H18N2O2/c1-13-12-14-8-6-7-11-16(14)20(13)18(22)17(21)19(2)15-9-4-3-5-10-15/h3-11,13H,12H2,1-2H3. The summed E-state index contributed by atoms with van der Waals surface area (Å²) in [4.78, 5) is 28.2. The summed E-state index contributed by atoms with van der Waals surface area (Å²) in [5.74, 6) is -1.00. The molecule has 0 bridgehead atoms. The van der Waals surface area contributed by atoms with Crippen LogP contribution in [0.3, 0.4) is 0 Å². The van der Waals surface area contributed by atoms with E-state index in [9.17, 15) is 9.59 Å². The zero-order valence-corrected chi connectivity index (χ0v) is 12.7. The Morgan fingerprint density at radius 1 is 1.05 bits per heavy atom. The minimum absolute atomic E-state index is 0.00183. The number of anilines is 2. The number of carbonyl (C=O) groups is 2. The quantitative estimate of drug-likeness (QED) is 0.759. The molecule has 1 unspecified atom stereocenters. The second-order valence-corrected chi connectivity index (χ2v) is 5.56. The minimum Gasteiger partial charge on any atom is -0.307 e. The van der Waals surface area contributed by atoms with Gasteiger partial charge in [-0.2, -0.15) is 0 Å². The molecule has 0 fully saturated rings. The molecule has 1 aliphatic rings. The number of carbonyl (C=O) groups excluding carboxylic acids is 2. The van der Waals surface area contributed by atoms with Crippen LogP contribution in [0.5, 0.6) is 0 Å². The van der Waals surface area contributed by atoms with Crippen LogP contribution in [0.4, 0.5) is 11.4 Å². The first-order chi connectivity index (χ1) is 10.6. The van der Waals surface area contributed by atoms with E-state index in [4.69, 9.17) is 0 Å². The van der Waals surface area contributed by atoms with Crippen molar-refractivity contribution in [3.05, 3.63) is 60.2 Å². The van der Waals surface area contributed by atoms with E-state index in [0.29, 0.717) is 5.69 Å². The molecule has 0 aromatic heterocycles. The van der Waals surface area contributed by atoms with Crippen molar-refractivity contribution in [2.75, 3.05) is 16.8 Å². The van der Waals surface area contributed by atoms with E-state index < -0.39 is 11.8 Å². The second-order valence-electron chi connectivity index (χ2n) is 5.56. The van der Waals surface area contributed by atoms with Crippen molar-refractivity contribution in [3.8, 4) is 0 Å². The molecule has 1 atom stereocenters. The number of para-hydroxylation sites is 2. The van der Waals surface area contributed by atoms with Gasteiger partial charge in [-0.1, -0.05) is 36.4 Å². The number of nitrogens with zero attached hydrogens (tertiary/aromatic N) is 2. The molecule has 0 saturated heterocycles. The Morgan fingerprint density at radius 2 is 1.68 bits per heavy atom. The lowest BCUT2D eigenvalue weighted by Gasteiger charge is -2.25. The second kappa shape index (κ2) is 5.64. The van der Waals surface area contributed by atoms with Gasteiger partial charge >= 0.3 is 11.8 Å². The molecule has 4 heteroatoms. The zero-order valence-electron chi connectivity index (χ0n) is 12.7. The lowest BCUT2D eigenvalue weighted by Crippen LogP contribution is -2.46. The van der Waals surface area contributed by atoms with Crippen LogP contribution in [-0.4, -0.2) is 24.9 Å². The van der Waals surface area contributed by atoms with Crippen LogP contribution in [0.25, 0.3) is 0 Å². The molecule has 0 radical (unpaired) electrons. The van der Waals surface area contributed by atoms with Crippen LogP contribution >= 0.6 is 0 Å². The molecule has 4 nitrogen and oxygen atoms in total.